The van der Waals surface area contributed by atoms with Crippen LogP contribution in [0, 0.1) is 0 Å². The van der Waals surface area contributed by atoms with Crippen LogP contribution in [-0.2, 0) is 17.6 Å². The van der Waals surface area contributed by atoms with Crippen molar-refractivity contribution in [3.8, 4) is 0 Å². The van der Waals surface area contributed by atoms with Gasteiger partial charge in [-0.1, -0.05) is 52.0 Å². The van der Waals surface area contributed by atoms with Gasteiger partial charge < -0.3 is 10.6 Å². The standard InChI is InChI=1S/C24H32N2O/c1-16(2)21-9-6-10-22(17(3)4)24(21)26-23(27)13-14-25-20-12-11-18-7-5-8-19(18)15-20/h6,9-12,15-17,25H,5,7-8,13-14H2,1-4H3,(H,26,27). The lowest BCUT2D eigenvalue weighted by Gasteiger charge is -2.20. The first-order valence-electron chi connectivity index (χ1n) is 10.2. The SMILES string of the molecule is CC(C)c1cccc(C(C)C)c1NC(=O)CCNc1ccc2c(c1)CCC2. The van der Waals surface area contributed by atoms with Crippen LogP contribution in [0.2, 0.25) is 0 Å². The Hall–Kier alpha value is -2.29. The van der Waals surface area contributed by atoms with Gasteiger partial charge in [0, 0.05) is 24.3 Å². The number of hydrogen-bond donors (Lipinski definition) is 2. The minimum absolute atomic E-state index is 0.0682. The first-order valence-corrected chi connectivity index (χ1v) is 10.2. The molecule has 27 heavy (non-hydrogen) atoms. The zero-order valence-corrected chi connectivity index (χ0v) is 17.1. The maximum atomic E-state index is 12.6. The maximum Gasteiger partial charge on any atom is 0.226 e. The summed E-state index contributed by atoms with van der Waals surface area (Å²) < 4.78 is 0. The maximum absolute atomic E-state index is 12.6. The van der Waals surface area contributed by atoms with Gasteiger partial charge in [-0.25, -0.2) is 0 Å². The van der Waals surface area contributed by atoms with Gasteiger partial charge in [0.2, 0.25) is 5.91 Å². The number of anilines is 2. The van der Waals surface area contributed by atoms with Gasteiger partial charge in [-0.3, -0.25) is 4.79 Å². The molecule has 0 bridgehead atoms. The van der Waals surface area contributed by atoms with Crippen molar-refractivity contribution in [2.45, 2.75) is 65.2 Å². The van der Waals surface area contributed by atoms with Crippen molar-refractivity contribution >= 4 is 17.3 Å². The van der Waals surface area contributed by atoms with Crippen LogP contribution in [0.5, 0.6) is 0 Å². The molecule has 3 heteroatoms. The van der Waals surface area contributed by atoms with Crippen LogP contribution >= 0.6 is 0 Å². The monoisotopic (exact) mass is 364 g/mol. The van der Waals surface area contributed by atoms with Crippen molar-refractivity contribution < 1.29 is 4.79 Å². The van der Waals surface area contributed by atoms with Crippen LogP contribution in [0.3, 0.4) is 0 Å². The molecule has 0 unspecified atom stereocenters. The fraction of sp³-hybridized carbons (Fsp3) is 0.458. The number of nitrogens with one attached hydrogen (secondary N) is 2. The highest BCUT2D eigenvalue weighted by molar-refractivity contribution is 5.93. The lowest BCUT2D eigenvalue weighted by molar-refractivity contribution is -0.115. The van der Waals surface area contributed by atoms with Crippen LogP contribution in [0.4, 0.5) is 11.4 Å². The highest BCUT2D eigenvalue weighted by Gasteiger charge is 2.16. The molecule has 1 amide bonds. The van der Waals surface area contributed by atoms with Gasteiger partial charge in [0.1, 0.15) is 0 Å². The Morgan fingerprint density at radius 2 is 1.63 bits per heavy atom. The van der Waals surface area contributed by atoms with Gasteiger partial charge in [0.25, 0.3) is 0 Å². The number of aryl methyl sites for hydroxylation is 2. The lowest BCUT2D eigenvalue weighted by Crippen LogP contribution is -2.19. The second kappa shape index (κ2) is 8.60. The van der Waals surface area contributed by atoms with Crippen molar-refractivity contribution in [2.24, 2.45) is 0 Å². The van der Waals surface area contributed by atoms with Crippen molar-refractivity contribution in [1.29, 1.82) is 0 Å². The second-order valence-electron chi connectivity index (χ2n) is 8.18. The van der Waals surface area contributed by atoms with E-state index >= 15 is 0 Å². The van der Waals surface area contributed by atoms with E-state index in [4.69, 9.17) is 0 Å². The molecule has 2 N–H and O–H groups in total. The molecule has 1 aliphatic rings. The van der Waals surface area contributed by atoms with Crippen LogP contribution in [-0.4, -0.2) is 12.5 Å². The Morgan fingerprint density at radius 1 is 0.963 bits per heavy atom. The summed E-state index contributed by atoms with van der Waals surface area (Å²) in [6.45, 7) is 9.33. The Labute approximate surface area is 163 Å². The van der Waals surface area contributed by atoms with Gasteiger partial charge in [0.05, 0.1) is 0 Å². The van der Waals surface area contributed by atoms with E-state index in [2.05, 4.69) is 74.7 Å². The van der Waals surface area contributed by atoms with Crippen molar-refractivity contribution in [3.05, 3.63) is 58.7 Å². The van der Waals surface area contributed by atoms with E-state index in [1.54, 1.807) is 0 Å². The Bertz CT molecular complexity index is 782. The van der Waals surface area contributed by atoms with Crippen LogP contribution in [0.25, 0.3) is 0 Å². The zero-order valence-electron chi connectivity index (χ0n) is 17.1. The highest BCUT2D eigenvalue weighted by Crippen LogP contribution is 2.32. The molecular weight excluding hydrogens is 332 g/mol. The number of carbonyl (C=O) groups is 1. The fourth-order valence-electron chi connectivity index (χ4n) is 3.90. The largest absolute Gasteiger partial charge is 0.385 e. The van der Waals surface area contributed by atoms with E-state index in [1.165, 1.54) is 41.5 Å². The molecule has 0 saturated carbocycles. The number of amides is 1. The first kappa shape index (κ1) is 19.5. The fourth-order valence-corrected chi connectivity index (χ4v) is 3.90. The topological polar surface area (TPSA) is 41.1 Å². The molecule has 3 rings (SSSR count). The van der Waals surface area contributed by atoms with Gasteiger partial charge in [-0.15, -0.1) is 0 Å². The van der Waals surface area contributed by atoms with E-state index in [0.717, 1.165) is 11.4 Å². The molecule has 0 fully saturated rings. The number of para-hydroxylation sites is 1. The van der Waals surface area contributed by atoms with Crippen LogP contribution in [0.15, 0.2) is 36.4 Å². The Morgan fingerprint density at radius 3 is 2.30 bits per heavy atom. The minimum atomic E-state index is 0.0682. The van der Waals surface area contributed by atoms with Gasteiger partial charge in [-0.05, 0) is 65.5 Å². The summed E-state index contributed by atoms with van der Waals surface area (Å²) in [6, 6.07) is 12.9. The number of rotatable bonds is 7. The molecule has 0 aliphatic heterocycles. The predicted molar refractivity (Wildman–Crippen MR) is 115 cm³/mol. The summed E-state index contributed by atoms with van der Waals surface area (Å²) in [5.41, 5.74) is 7.47. The average molecular weight is 365 g/mol. The van der Waals surface area contributed by atoms with E-state index in [0.29, 0.717) is 24.8 Å². The summed E-state index contributed by atoms with van der Waals surface area (Å²) in [7, 11) is 0. The second-order valence-corrected chi connectivity index (χ2v) is 8.18. The summed E-state index contributed by atoms with van der Waals surface area (Å²) in [5, 5.41) is 6.60. The average Bonchev–Trinajstić information content (AvgIpc) is 3.09. The lowest BCUT2D eigenvalue weighted by atomic mass is 9.92. The van der Waals surface area contributed by atoms with Crippen molar-refractivity contribution in [1.82, 2.24) is 0 Å². The quantitative estimate of drug-likeness (QED) is 0.646. The Balaban J connectivity index is 1.61. The summed E-state index contributed by atoms with van der Waals surface area (Å²) in [6.07, 6.45) is 4.09. The normalized spacial score (nSPS) is 13.1. The third-order valence-corrected chi connectivity index (χ3v) is 5.42. The molecule has 0 saturated heterocycles. The van der Waals surface area contributed by atoms with Gasteiger partial charge in [0.15, 0.2) is 0 Å². The molecule has 3 nitrogen and oxygen atoms in total. The van der Waals surface area contributed by atoms with E-state index in [-0.39, 0.29) is 5.91 Å². The van der Waals surface area contributed by atoms with E-state index < -0.39 is 0 Å². The van der Waals surface area contributed by atoms with E-state index in [1.807, 2.05) is 0 Å². The van der Waals surface area contributed by atoms with E-state index in [9.17, 15) is 4.79 Å². The number of hydrogen-bond acceptors (Lipinski definition) is 2. The predicted octanol–water partition coefficient (Wildman–Crippen LogP) is 5.86. The van der Waals surface area contributed by atoms with Gasteiger partial charge >= 0.3 is 0 Å². The highest BCUT2D eigenvalue weighted by atomic mass is 16.1. The third kappa shape index (κ3) is 4.71. The van der Waals surface area contributed by atoms with Gasteiger partial charge in [-0.2, -0.15) is 0 Å². The molecule has 144 valence electrons. The van der Waals surface area contributed by atoms with Crippen molar-refractivity contribution in [2.75, 3.05) is 17.2 Å². The molecule has 2 aromatic carbocycles. The molecule has 0 radical (unpaired) electrons. The van der Waals surface area contributed by atoms with Crippen molar-refractivity contribution in [3.63, 3.8) is 0 Å². The Kier molecular flexibility index (Phi) is 6.20. The number of fused-ring (bicyclic) bond motifs is 1. The molecular formula is C24H32N2O. The smallest absolute Gasteiger partial charge is 0.226 e. The number of carbonyl (C=O) groups excluding carboxylic acids is 1. The summed E-state index contributed by atoms with van der Waals surface area (Å²) in [5.74, 6) is 0.825. The molecule has 0 spiro atoms. The third-order valence-electron chi connectivity index (χ3n) is 5.42. The summed E-state index contributed by atoms with van der Waals surface area (Å²) >= 11 is 0. The first-order chi connectivity index (χ1) is 13.0. The molecule has 1 aliphatic carbocycles. The molecule has 0 atom stereocenters. The molecule has 2 aromatic rings. The van der Waals surface area contributed by atoms with Crippen LogP contribution < -0.4 is 10.6 Å². The molecule has 0 aromatic heterocycles. The van der Waals surface area contributed by atoms with Crippen LogP contribution in [0.1, 0.15) is 74.6 Å². The summed E-state index contributed by atoms with van der Waals surface area (Å²) in [4.78, 5) is 12.6. The zero-order chi connectivity index (χ0) is 19.4. The number of benzene rings is 2. The molecule has 0 heterocycles. The minimum Gasteiger partial charge on any atom is -0.385 e.